The zero-order valence-corrected chi connectivity index (χ0v) is 15.7. The summed E-state index contributed by atoms with van der Waals surface area (Å²) < 4.78 is 5.69. The number of amides is 1. The van der Waals surface area contributed by atoms with E-state index in [1.165, 1.54) is 0 Å². The van der Waals surface area contributed by atoms with Gasteiger partial charge in [-0.15, -0.1) is 0 Å². The number of carboxylic acids is 1. The first-order valence-corrected chi connectivity index (χ1v) is 9.11. The summed E-state index contributed by atoms with van der Waals surface area (Å²) in [6.45, 7) is 4.79. The van der Waals surface area contributed by atoms with E-state index in [9.17, 15) is 14.7 Å². The van der Waals surface area contributed by atoms with Crippen molar-refractivity contribution in [2.24, 2.45) is 5.92 Å². The van der Waals surface area contributed by atoms with E-state index in [1.807, 2.05) is 30.3 Å². The van der Waals surface area contributed by atoms with Gasteiger partial charge in [0.15, 0.2) is 0 Å². The lowest BCUT2D eigenvalue weighted by molar-refractivity contribution is -0.683. The second-order valence-corrected chi connectivity index (χ2v) is 6.82. The standard InChI is InChI=1S/C21H26N2O4/c1-15(2)12-13-22-19(21(25)26)14-20(24)23-16-8-10-18(11-9-16)27-17-6-4-3-5-7-17/h3-11,15,19,22H,12-14H2,1-2H3,(H,23,24)(H,25,26)/t19-/m0/s1. The summed E-state index contributed by atoms with van der Waals surface area (Å²) in [6.07, 6.45) is 0.747. The van der Waals surface area contributed by atoms with Crippen molar-refractivity contribution in [1.82, 2.24) is 0 Å². The summed E-state index contributed by atoms with van der Waals surface area (Å²) in [7, 11) is 0. The lowest BCUT2D eigenvalue weighted by Crippen LogP contribution is -2.93. The molecular weight excluding hydrogens is 344 g/mol. The van der Waals surface area contributed by atoms with Crippen molar-refractivity contribution in [3.8, 4) is 11.5 Å². The molecule has 3 N–H and O–H groups in total. The van der Waals surface area contributed by atoms with E-state index in [0.717, 1.165) is 12.2 Å². The maximum atomic E-state index is 12.1. The number of rotatable bonds is 10. The molecule has 0 spiro atoms. The number of nitrogens with two attached hydrogens (primary N) is 1. The maximum absolute atomic E-state index is 12.1. The van der Waals surface area contributed by atoms with Crippen molar-refractivity contribution < 1.29 is 24.7 Å². The molecule has 27 heavy (non-hydrogen) atoms. The summed E-state index contributed by atoms with van der Waals surface area (Å²) in [4.78, 5) is 23.4. The normalized spacial score (nSPS) is 11.8. The number of ether oxygens (including phenoxy) is 1. The van der Waals surface area contributed by atoms with E-state index in [2.05, 4.69) is 19.2 Å². The molecule has 2 aromatic carbocycles. The highest BCUT2D eigenvalue weighted by atomic mass is 16.5. The fourth-order valence-corrected chi connectivity index (χ4v) is 2.54. The van der Waals surface area contributed by atoms with E-state index >= 15 is 0 Å². The molecule has 0 aliphatic heterocycles. The van der Waals surface area contributed by atoms with Crippen molar-refractivity contribution in [2.75, 3.05) is 11.9 Å². The smallest absolute Gasteiger partial charge is 0.230 e. The van der Waals surface area contributed by atoms with Crippen molar-refractivity contribution in [3.05, 3.63) is 54.6 Å². The average Bonchev–Trinajstić information content (AvgIpc) is 2.63. The molecule has 0 saturated carbocycles. The molecule has 1 amide bonds. The number of carbonyl (C=O) groups is 2. The Morgan fingerprint density at radius 2 is 1.67 bits per heavy atom. The number of hydrogen-bond donors (Lipinski definition) is 2. The Kier molecular flexibility index (Phi) is 7.82. The van der Waals surface area contributed by atoms with E-state index in [4.69, 9.17) is 4.74 Å². The number of nitrogens with one attached hydrogen (secondary N) is 1. The predicted octanol–water partition coefficient (Wildman–Crippen LogP) is 1.54. The number of hydrogen-bond acceptors (Lipinski definition) is 4. The van der Waals surface area contributed by atoms with E-state index in [-0.39, 0.29) is 12.3 Å². The number of anilines is 1. The molecule has 0 radical (unpaired) electrons. The number of para-hydroxylation sites is 1. The third-order valence-electron chi connectivity index (χ3n) is 4.02. The summed E-state index contributed by atoms with van der Waals surface area (Å²) in [5.74, 6) is 0.271. The molecule has 0 heterocycles. The Morgan fingerprint density at radius 3 is 2.26 bits per heavy atom. The second kappa shape index (κ2) is 10.3. The van der Waals surface area contributed by atoms with Crippen LogP contribution < -0.4 is 20.5 Å². The molecular formula is C21H26N2O4. The van der Waals surface area contributed by atoms with Crippen LogP contribution in [0.15, 0.2) is 54.6 Å². The molecule has 2 aromatic rings. The molecule has 0 saturated heterocycles. The van der Waals surface area contributed by atoms with Gasteiger partial charge < -0.3 is 25.3 Å². The molecule has 144 valence electrons. The Bertz CT molecular complexity index is 730. The van der Waals surface area contributed by atoms with Crippen molar-refractivity contribution >= 4 is 17.6 Å². The average molecular weight is 370 g/mol. The highest BCUT2D eigenvalue weighted by Crippen LogP contribution is 2.22. The van der Waals surface area contributed by atoms with E-state index in [0.29, 0.717) is 23.9 Å². The molecule has 6 heteroatoms. The van der Waals surface area contributed by atoms with Crippen molar-refractivity contribution in [2.45, 2.75) is 32.7 Å². The van der Waals surface area contributed by atoms with Crippen LogP contribution in [0, 0.1) is 5.92 Å². The van der Waals surface area contributed by atoms with Crippen LogP contribution in [-0.4, -0.2) is 24.5 Å². The summed E-state index contributed by atoms with van der Waals surface area (Å²) in [6, 6.07) is 15.4. The SMILES string of the molecule is CC(C)CC[NH2+][C@@H](CC(=O)Nc1ccc(Oc2ccccc2)cc1)C(=O)[O-]. The zero-order chi connectivity index (χ0) is 19.6. The first-order valence-electron chi connectivity index (χ1n) is 9.11. The van der Waals surface area contributed by atoms with Gasteiger partial charge in [-0.05, 0) is 48.7 Å². The number of carboxylic acid groups (broad SMARTS) is 1. The largest absolute Gasteiger partial charge is 0.544 e. The van der Waals surface area contributed by atoms with E-state index < -0.39 is 12.0 Å². The quantitative estimate of drug-likeness (QED) is 0.663. The molecule has 0 aliphatic carbocycles. The summed E-state index contributed by atoms with van der Waals surface area (Å²) in [5, 5.41) is 15.6. The molecule has 2 rings (SSSR count). The summed E-state index contributed by atoms with van der Waals surface area (Å²) in [5.41, 5.74) is 0.583. The van der Waals surface area contributed by atoms with Gasteiger partial charge in [-0.25, -0.2) is 0 Å². The number of aliphatic carboxylic acids is 1. The van der Waals surface area contributed by atoms with Crippen LogP contribution >= 0.6 is 0 Å². The third-order valence-corrected chi connectivity index (χ3v) is 4.02. The molecule has 0 fully saturated rings. The van der Waals surface area contributed by atoms with Gasteiger partial charge in [-0.1, -0.05) is 32.0 Å². The zero-order valence-electron chi connectivity index (χ0n) is 15.7. The molecule has 6 nitrogen and oxygen atoms in total. The van der Waals surface area contributed by atoms with Gasteiger partial charge in [-0.2, -0.15) is 0 Å². The van der Waals surface area contributed by atoms with Crippen LogP contribution in [0.4, 0.5) is 5.69 Å². The van der Waals surface area contributed by atoms with Gasteiger partial charge in [-0.3, -0.25) is 4.79 Å². The Balaban J connectivity index is 1.85. The van der Waals surface area contributed by atoms with Gasteiger partial charge in [0, 0.05) is 5.69 Å². The predicted molar refractivity (Wildman–Crippen MR) is 101 cm³/mol. The van der Waals surface area contributed by atoms with Crippen LogP contribution in [0.25, 0.3) is 0 Å². The highest BCUT2D eigenvalue weighted by Gasteiger charge is 2.18. The number of benzene rings is 2. The fraction of sp³-hybridized carbons (Fsp3) is 0.333. The molecule has 1 atom stereocenters. The van der Waals surface area contributed by atoms with Gasteiger partial charge >= 0.3 is 0 Å². The topological polar surface area (TPSA) is 95.1 Å². The Morgan fingerprint density at radius 1 is 1.04 bits per heavy atom. The molecule has 0 aliphatic rings. The van der Waals surface area contributed by atoms with Crippen molar-refractivity contribution in [3.63, 3.8) is 0 Å². The highest BCUT2D eigenvalue weighted by molar-refractivity contribution is 5.93. The first-order chi connectivity index (χ1) is 12.9. The maximum Gasteiger partial charge on any atom is 0.230 e. The van der Waals surface area contributed by atoms with Crippen LogP contribution in [-0.2, 0) is 9.59 Å². The number of quaternary nitrogens is 1. The van der Waals surface area contributed by atoms with Crippen LogP contribution in [0.5, 0.6) is 11.5 Å². The Hall–Kier alpha value is -2.86. The van der Waals surface area contributed by atoms with Crippen LogP contribution in [0.2, 0.25) is 0 Å². The van der Waals surface area contributed by atoms with Gasteiger partial charge in [0.2, 0.25) is 5.91 Å². The monoisotopic (exact) mass is 370 g/mol. The van der Waals surface area contributed by atoms with Gasteiger partial charge in [0.25, 0.3) is 0 Å². The van der Waals surface area contributed by atoms with Crippen LogP contribution in [0.3, 0.4) is 0 Å². The first kappa shape index (κ1) is 20.5. The lowest BCUT2D eigenvalue weighted by atomic mass is 10.1. The molecule has 0 aromatic heterocycles. The summed E-state index contributed by atoms with van der Waals surface area (Å²) >= 11 is 0. The fourth-order valence-electron chi connectivity index (χ4n) is 2.54. The third kappa shape index (κ3) is 7.50. The Labute approximate surface area is 159 Å². The van der Waals surface area contributed by atoms with Crippen LogP contribution in [0.1, 0.15) is 26.7 Å². The van der Waals surface area contributed by atoms with Gasteiger partial charge in [0.05, 0.1) is 18.9 Å². The molecule has 0 bridgehead atoms. The minimum Gasteiger partial charge on any atom is -0.544 e. The minimum absolute atomic E-state index is 0.136. The number of carbonyl (C=O) groups excluding carboxylic acids is 2. The lowest BCUT2D eigenvalue weighted by Gasteiger charge is -2.17. The van der Waals surface area contributed by atoms with Gasteiger partial charge in [0.1, 0.15) is 17.5 Å². The molecule has 0 unspecified atom stereocenters. The van der Waals surface area contributed by atoms with E-state index in [1.54, 1.807) is 29.6 Å². The van der Waals surface area contributed by atoms with Crippen molar-refractivity contribution in [1.29, 1.82) is 0 Å². The second-order valence-electron chi connectivity index (χ2n) is 6.82. The minimum atomic E-state index is -1.22.